The van der Waals surface area contributed by atoms with Crippen molar-refractivity contribution in [2.45, 2.75) is 38.6 Å². The zero-order chi connectivity index (χ0) is 17.3. The van der Waals surface area contributed by atoms with Crippen molar-refractivity contribution in [2.75, 3.05) is 39.3 Å². The summed E-state index contributed by atoms with van der Waals surface area (Å²) in [6.07, 6.45) is 9.28. The molecule has 1 amide bonds. The summed E-state index contributed by atoms with van der Waals surface area (Å²) in [7, 11) is 0. The molecule has 2 saturated heterocycles. The molecule has 3 aliphatic rings. The molecule has 1 aromatic rings. The van der Waals surface area contributed by atoms with Crippen LogP contribution in [-0.4, -0.2) is 69.9 Å². The molecule has 4 rings (SSSR count). The Kier molecular flexibility index (Phi) is 4.82. The summed E-state index contributed by atoms with van der Waals surface area (Å²) in [4.78, 5) is 17.8. The summed E-state index contributed by atoms with van der Waals surface area (Å²) >= 11 is 0. The minimum atomic E-state index is -0.248. The van der Waals surface area contributed by atoms with Crippen molar-refractivity contribution in [3.05, 3.63) is 18.5 Å². The van der Waals surface area contributed by atoms with Crippen LogP contribution < -0.4 is 0 Å². The van der Waals surface area contributed by atoms with Crippen molar-refractivity contribution in [1.82, 2.24) is 19.6 Å². The van der Waals surface area contributed by atoms with Gasteiger partial charge in [-0.05, 0) is 63.1 Å². The van der Waals surface area contributed by atoms with Crippen molar-refractivity contribution in [2.24, 2.45) is 17.3 Å². The fraction of sp³-hybridized carbons (Fsp3) is 0.789. The molecule has 0 bridgehead atoms. The SMILES string of the molecule is O=C(N1C[C@H](CO)C[C@H](CN2CCCC2)C1)C1(Cn2cccn2)CC1. The van der Waals surface area contributed by atoms with Crippen molar-refractivity contribution >= 4 is 5.91 Å². The molecule has 138 valence electrons. The Morgan fingerprint density at radius 2 is 1.96 bits per heavy atom. The van der Waals surface area contributed by atoms with Crippen LogP contribution in [0.5, 0.6) is 0 Å². The minimum Gasteiger partial charge on any atom is -0.396 e. The number of aliphatic hydroxyl groups is 1. The number of hydrogen-bond acceptors (Lipinski definition) is 4. The first kappa shape index (κ1) is 17.0. The second-order valence-electron chi connectivity index (χ2n) is 8.35. The Balaban J connectivity index is 1.41. The van der Waals surface area contributed by atoms with Crippen LogP contribution >= 0.6 is 0 Å². The first-order valence-electron chi connectivity index (χ1n) is 9.78. The van der Waals surface area contributed by atoms with E-state index in [0.29, 0.717) is 19.0 Å². The van der Waals surface area contributed by atoms with E-state index in [2.05, 4.69) is 14.9 Å². The van der Waals surface area contributed by atoms with Crippen LogP contribution in [-0.2, 0) is 11.3 Å². The lowest BCUT2D eigenvalue weighted by Crippen LogP contribution is -2.50. The molecule has 0 unspecified atom stereocenters. The van der Waals surface area contributed by atoms with Gasteiger partial charge in [0.1, 0.15) is 0 Å². The molecule has 0 aromatic carbocycles. The number of carbonyl (C=O) groups excluding carboxylic acids is 1. The quantitative estimate of drug-likeness (QED) is 0.841. The monoisotopic (exact) mass is 346 g/mol. The van der Waals surface area contributed by atoms with Crippen LogP contribution in [0.3, 0.4) is 0 Å². The van der Waals surface area contributed by atoms with E-state index in [1.165, 1.54) is 25.9 Å². The van der Waals surface area contributed by atoms with Crippen LogP contribution in [0, 0.1) is 17.3 Å². The molecule has 0 radical (unpaired) electrons. The van der Waals surface area contributed by atoms with Crippen LogP contribution in [0.4, 0.5) is 0 Å². The highest BCUT2D eigenvalue weighted by atomic mass is 16.3. The van der Waals surface area contributed by atoms with E-state index < -0.39 is 0 Å². The Morgan fingerprint density at radius 3 is 2.60 bits per heavy atom. The first-order valence-corrected chi connectivity index (χ1v) is 9.78. The van der Waals surface area contributed by atoms with Crippen molar-refractivity contribution in [3.63, 3.8) is 0 Å². The number of carbonyl (C=O) groups is 1. The molecule has 2 aliphatic heterocycles. The third-order valence-corrected chi connectivity index (χ3v) is 6.22. The maximum Gasteiger partial charge on any atom is 0.230 e. The summed E-state index contributed by atoms with van der Waals surface area (Å²) < 4.78 is 1.89. The van der Waals surface area contributed by atoms with Gasteiger partial charge in [0.15, 0.2) is 0 Å². The van der Waals surface area contributed by atoms with Gasteiger partial charge < -0.3 is 14.9 Å². The number of piperidine rings is 1. The molecule has 1 N–H and O–H groups in total. The molecule has 0 spiro atoms. The average Bonchev–Trinajstić information content (AvgIpc) is 3.01. The lowest BCUT2D eigenvalue weighted by Gasteiger charge is -2.40. The van der Waals surface area contributed by atoms with Crippen molar-refractivity contribution in [3.8, 4) is 0 Å². The molecule has 6 heteroatoms. The molecule has 1 saturated carbocycles. The van der Waals surface area contributed by atoms with E-state index in [0.717, 1.165) is 32.4 Å². The van der Waals surface area contributed by atoms with E-state index in [4.69, 9.17) is 0 Å². The van der Waals surface area contributed by atoms with Gasteiger partial charge in [0.05, 0.1) is 12.0 Å². The summed E-state index contributed by atoms with van der Waals surface area (Å²) in [6.45, 7) is 5.91. The van der Waals surface area contributed by atoms with E-state index in [1.54, 1.807) is 6.20 Å². The topological polar surface area (TPSA) is 61.6 Å². The van der Waals surface area contributed by atoms with E-state index in [1.807, 2.05) is 16.9 Å². The van der Waals surface area contributed by atoms with Gasteiger partial charge in [0, 0.05) is 38.6 Å². The summed E-state index contributed by atoms with van der Waals surface area (Å²) in [5, 5.41) is 14.0. The predicted octanol–water partition coefficient (Wildman–Crippen LogP) is 1.22. The van der Waals surface area contributed by atoms with Gasteiger partial charge in [-0.25, -0.2) is 0 Å². The standard InChI is InChI=1S/C19H30N4O2/c24-14-17-10-16(11-21-7-1-2-8-21)12-22(13-17)18(25)19(4-5-19)15-23-9-3-6-20-23/h3,6,9,16-17,24H,1-2,4-5,7-8,10-15H2/t16-,17-/m1/s1. The normalized spacial score (nSPS) is 29.1. The molecular weight excluding hydrogens is 316 g/mol. The molecule has 6 nitrogen and oxygen atoms in total. The van der Waals surface area contributed by atoms with E-state index in [-0.39, 0.29) is 23.8 Å². The van der Waals surface area contributed by atoms with Crippen LogP contribution in [0.25, 0.3) is 0 Å². The Bertz CT molecular complexity index is 578. The van der Waals surface area contributed by atoms with E-state index >= 15 is 0 Å². The lowest BCUT2D eigenvalue weighted by atomic mass is 9.88. The van der Waals surface area contributed by atoms with Crippen LogP contribution in [0.2, 0.25) is 0 Å². The molecule has 3 heterocycles. The number of nitrogens with zero attached hydrogens (tertiary/aromatic N) is 4. The maximum atomic E-state index is 13.2. The first-order chi connectivity index (χ1) is 12.2. The Labute approximate surface area is 149 Å². The highest BCUT2D eigenvalue weighted by molar-refractivity contribution is 5.85. The van der Waals surface area contributed by atoms with Gasteiger partial charge in [-0.1, -0.05) is 0 Å². The third-order valence-electron chi connectivity index (χ3n) is 6.22. The number of likely N-dealkylation sites (tertiary alicyclic amines) is 2. The van der Waals surface area contributed by atoms with Gasteiger partial charge in [-0.2, -0.15) is 5.10 Å². The van der Waals surface area contributed by atoms with Gasteiger partial charge in [0.25, 0.3) is 0 Å². The predicted molar refractivity (Wildman–Crippen MR) is 94.8 cm³/mol. The zero-order valence-electron chi connectivity index (χ0n) is 15.0. The number of hydrogen-bond donors (Lipinski definition) is 1. The third kappa shape index (κ3) is 3.75. The number of rotatable bonds is 6. The Morgan fingerprint density at radius 1 is 1.20 bits per heavy atom. The second-order valence-corrected chi connectivity index (χ2v) is 8.35. The maximum absolute atomic E-state index is 13.2. The fourth-order valence-corrected chi connectivity index (χ4v) is 4.71. The lowest BCUT2D eigenvalue weighted by molar-refractivity contribution is -0.141. The van der Waals surface area contributed by atoms with Crippen molar-refractivity contribution < 1.29 is 9.90 Å². The molecular formula is C19H30N4O2. The summed E-state index contributed by atoms with van der Waals surface area (Å²) in [5.41, 5.74) is -0.248. The fourth-order valence-electron chi connectivity index (χ4n) is 4.71. The van der Waals surface area contributed by atoms with Gasteiger partial charge in [0.2, 0.25) is 5.91 Å². The average molecular weight is 346 g/mol. The van der Waals surface area contributed by atoms with Crippen molar-refractivity contribution in [1.29, 1.82) is 0 Å². The highest BCUT2D eigenvalue weighted by Gasteiger charge is 2.53. The van der Waals surface area contributed by atoms with Gasteiger partial charge in [-0.15, -0.1) is 0 Å². The smallest absolute Gasteiger partial charge is 0.230 e. The summed E-state index contributed by atoms with van der Waals surface area (Å²) in [5.74, 6) is 1.01. The molecule has 1 aromatic heterocycles. The minimum absolute atomic E-state index is 0.187. The zero-order valence-corrected chi connectivity index (χ0v) is 15.0. The highest BCUT2D eigenvalue weighted by Crippen LogP contribution is 2.49. The second kappa shape index (κ2) is 7.08. The van der Waals surface area contributed by atoms with Crippen LogP contribution in [0.15, 0.2) is 18.5 Å². The van der Waals surface area contributed by atoms with E-state index in [9.17, 15) is 9.90 Å². The summed E-state index contributed by atoms with van der Waals surface area (Å²) in [6, 6.07) is 1.91. The molecule has 25 heavy (non-hydrogen) atoms. The Hall–Kier alpha value is -1.40. The largest absolute Gasteiger partial charge is 0.396 e. The number of aromatic nitrogens is 2. The number of aliphatic hydroxyl groups excluding tert-OH is 1. The number of amides is 1. The molecule has 2 atom stereocenters. The molecule has 1 aliphatic carbocycles. The molecule has 3 fully saturated rings. The van der Waals surface area contributed by atoms with Crippen LogP contribution in [0.1, 0.15) is 32.1 Å². The van der Waals surface area contributed by atoms with Gasteiger partial charge in [-0.3, -0.25) is 9.48 Å². The van der Waals surface area contributed by atoms with Gasteiger partial charge >= 0.3 is 0 Å².